The zero-order valence-corrected chi connectivity index (χ0v) is 10.9. The molecule has 0 aliphatic carbocycles. The molecule has 6 heteroatoms. The normalized spacial score (nSPS) is 25.3. The molecule has 1 fully saturated rings. The van der Waals surface area contributed by atoms with Gasteiger partial charge in [-0.2, -0.15) is 0 Å². The average molecular weight is 325 g/mol. The van der Waals surface area contributed by atoms with E-state index >= 15 is 0 Å². The van der Waals surface area contributed by atoms with Gasteiger partial charge in [0.25, 0.3) is 0 Å². The number of carbonyl (C=O) groups is 1. The van der Waals surface area contributed by atoms with Crippen LogP contribution >= 0.6 is 0 Å². The summed E-state index contributed by atoms with van der Waals surface area (Å²) >= 11 is 0. The largest absolute Gasteiger partial charge is 1.00 e. The average Bonchev–Trinajstić information content (AvgIpc) is 2.65. The molecule has 1 saturated heterocycles. The highest BCUT2D eigenvalue weighted by atomic mass is 127. The number of morpholine rings is 1. The fraction of sp³-hybridized carbons (Fsp3) is 0.667. The maximum absolute atomic E-state index is 11.9. The van der Waals surface area contributed by atoms with Crippen LogP contribution in [0.5, 0.6) is 0 Å². The van der Waals surface area contributed by atoms with Crippen molar-refractivity contribution in [3.8, 4) is 0 Å². The highest BCUT2D eigenvalue weighted by Crippen LogP contribution is 2.03. The second-order valence-corrected chi connectivity index (χ2v) is 3.67. The molecule has 0 saturated carbocycles. The van der Waals surface area contributed by atoms with Gasteiger partial charge in [0.1, 0.15) is 6.20 Å². The number of nitrogens with zero attached hydrogens (tertiary/aromatic N) is 2. The molecule has 15 heavy (non-hydrogen) atoms. The van der Waals surface area contributed by atoms with E-state index in [9.17, 15) is 4.79 Å². The van der Waals surface area contributed by atoms with Crippen LogP contribution in [-0.2, 0) is 4.74 Å². The van der Waals surface area contributed by atoms with Gasteiger partial charge in [0, 0.05) is 13.1 Å². The molecule has 0 spiro atoms. The van der Waals surface area contributed by atoms with Crippen molar-refractivity contribution < 1.29 is 38.4 Å². The van der Waals surface area contributed by atoms with E-state index in [1.165, 1.54) is 4.90 Å². The van der Waals surface area contributed by atoms with Crippen LogP contribution in [0.25, 0.3) is 0 Å². The van der Waals surface area contributed by atoms with Crippen molar-refractivity contribution in [1.29, 1.82) is 0 Å². The van der Waals surface area contributed by atoms with Gasteiger partial charge >= 0.3 is 6.03 Å². The Labute approximate surface area is 107 Å². The summed E-state index contributed by atoms with van der Waals surface area (Å²) in [5.41, 5.74) is 0. The van der Waals surface area contributed by atoms with E-state index in [0.717, 1.165) is 6.67 Å². The number of carbonyl (C=O) groups excluding carboxylic acids is 1. The van der Waals surface area contributed by atoms with Crippen molar-refractivity contribution >= 4 is 6.03 Å². The smallest absolute Gasteiger partial charge is 0.328 e. The van der Waals surface area contributed by atoms with Gasteiger partial charge in [0.15, 0.2) is 6.67 Å². The first-order valence-electron chi connectivity index (χ1n) is 4.91. The summed E-state index contributed by atoms with van der Waals surface area (Å²) in [4.78, 5) is 16.7. The zero-order valence-electron chi connectivity index (χ0n) is 8.78. The first-order valence-corrected chi connectivity index (χ1v) is 4.91. The second-order valence-electron chi connectivity index (χ2n) is 3.67. The molecule has 0 radical (unpaired) electrons. The Morgan fingerprint density at radius 1 is 1.40 bits per heavy atom. The highest BCUT2D eigenvalue weighted by molar-refractivity contribution is 5.75. The number of quaternary nitrogens is 1. The fourth-order valence-corrected chi connectivity index (χ4v) is 1.66. The van der Waals surface area contributed by atoms with Crippen molar-refractivity contribution in [3.05, 3.63) is 12.4 Å². The lowest BCUT2D eigenvalue weighted by molar-refractivity contribution is -0.825. The molecule has 0 bridgehead atoms. The fourth-order valence-electron chi connectivity index (χ4n) is 1.66. The summed E-state index contributed by atoms with van der Waals surface area (Å²) in [5, 5.41) is 0. The molecule has 1 N–H and O–H groups in total. The standard InChI is InChI=1S/C9H15N3O2.HI/c1-10-2-3-12(8-10)9(13)11-4-6-14-7-5-11;/h2-3H,4-8H2,1H3;1H. The second kappa shape index (κ2) is 5.66. The molecule has 1 atom stereocenters. The van der Waals surface area contributed by atoms with Gasteiger partial charge in [-0.15, -0.1) is 0 Å². The lowest BCUT2D eigenvalue weighted by atomic mass is 10.4. The Morgan fingerprint density at radius 2 is 2.07 bits per heavy atom. The molecule has 86 valence electrons. The predicted octanol–water partition coefficient (Wildman–Crippen LogP) is -4.30. The van der Waals surface area contributed by atoms with E-state index < -0.39 is 0 Å². The van der Waals surface area contributed by atoms with Crippen LogP contribution in [0.4, 0.5) is 4.79 Å². The number of halogens is 1. The molecule has 1 unspecified atom stereocenters. The first kappa shape index (κ1) is 12.7. The van der Waals surface area contributed by atoms with E-state index in [0.29, 0.717) is 26.3 Å². The van der Waals surface area contributed by atoms with Crippen LogP contribution in [0.3, 0.4) is 0 Å². The quantitative estimate of drug-likeness (QED) is 0.458. The lowest BCUT2D eigenvalue weighted by Gasteiger charge is -2.29. The first-order chi connectivity index (χ1) is 6.77. The zero-order chi connectivity index (χ0) is 9.97. The third-order valence-corrected chi connectivity index (χ3v) is 2.49. The molecule has 5 nitrogen and oxygen atoms in total. The van der Waals surface area contributed by atoms with E-state index in [2.05, 4.69) is 0 Å². The Hall–Kier alpha value is -0.340. The maximum atomic E-state index is 11.9. The maximum Gasteiger partial charge on any atom is 0.328 e. The number of urea groups is 1. The number of rotatable bonds is 0. The Balaban J connectivity index is 0.00000112. The van der Waals surface area contributed by atoms with E-state index in [4.69, 9.17) is 4.74 Å². The third-order valence-electron chi connectivity index (χ3n) is 2.49. The SMILES string of the molecule is C[NH+]1C=CN(C(=O)N2CCOCC2)C1.[I-]. The van der Waals surface area contributed by atoms with Crippen molar-refractivity contribution in [2.24, 2.45) is 0 Å². The summed E-state index contributed by atoms with van der Waals surface area (Å²) in [6.07, 6.45) is 3.84. The summed E-state index contributed by atoms with van der Waals surface area (Å²) in [5.74, 6) is 0. The Bertz CT molecular complexity index is 254. The van der Waals surface area contributed by atoms with Crippen LogP contribution < -0.4 is 28.9 Å². The summed E-state index contributed by atoms with van der Waals surface area (Å²) in [7, 11) is 2.03. The van der Waals surface area contributed by atoms with Gasteiger partial charge < -0.3 is 33.6 Å². The van der Waals surface area contributed by atoms with Crippen molar-refractivity contribution in [2.75, 3.05) is 40.0 Å². The van der Waals surface area contributed by atoms with Crippen molar-refractivity contribution in [1.82, 2.24) is 9.80 Å². The molecular formula is C9H16IN3O2. The molecule has 2 amide bonds. The minimum atomic E-state index is 0. The summed E-state index contributed by atoms with van der Waals surface area (Å²) in [6.45, 7) is 3.47. The molecule has 2 aliphatic heterocycles. The van der Waals surface area contributed by atoms with Crippen LogP contribution in [0.2, 0.25) is 0 Å². The van der Waals surface area contributed by atoms with Crippen LogP contribution in [0.1, 0.15) is 0 Å². The monoisotopic (exact) mass is 325 g/mol. The third kappa shape index (κ3) is 3.05. The molecule has 0 aromatic heterocycles. The molecule has 0 aromatic rings. The van der Waals surface area contributed by atoms with Gasteiger partial charge in [0.2, 0.25) is 0 Å². The van der Waals surface area contributed by atoms with Crippen LogP contribution in [-0.4, -0.2) is 55.9 Å². The van der Waals surface area contributed by atoms with Crippen LogP contribution in [0.15, 0.2) is 12.4 Å². The van der Waals surface area contributed by atoms with Gasteiger partial charge in [-0.25, -0.2) is 9.69 Å². The Kier molecular flexibility index (Phi) is 4.81. The summed E-state index contributed by atoms with van der Waals surface area (Å²) < 4.78 is 5.20. The molecule has 2 aliphatic rings. The minimum absolute atomic E-state index is 0. The number of hydrogen-bond donors (Lipinski definition) is 1. The molecule has 2 rings (SSSR count). The van der Waals surface area contributed by atoms with Gasteiger partial charge in [-0.3, -0.25) is 4.90 Å². The topological polar surface area (TPSA) is 37.2 Å². The minimum Gasteiger partial charge on any atom is -1.00 e. The van der Waals surface area contributed by atoms with Crippen LogP contribution in [0, 0.1) is 0 Å². The van der Waals surface area contributed by atoms with Gasteiger partial charge in [-0.05, 0) is 0 Å². The predicted molar refractivity (Wildman–Crippen MR) is 50.5 cm³/mol. The van der Waals surface area contributed by atoms with Crippen molar-refractivity contribution in [2.45, 2.75) is 0 Å². The highest BCUT2D eigenvalue weighted by Gasteiger charge is 2.26. The summed E-state index contributed by atoms with van der Waals surface area (Å²) in [6, 6.07) is 0.0985. The van der Waals surface area contributed by atoms with Crippen molar-refractivity contribution in [3.63, 3.8) is 0 Å². The molecular weight excluding hydrogens is 309 g/mol. The number of amides is 2. The van der Waals surface area contributed by atoms with E-state index in [-0.39, 0.29) is 30.0 Å². The lowest BCUT2D eigenvalue weighted by Crippen LogP contribution is -3.04. The number of ether oxygens (including phenoxy) is 1. The van der Waals surface area contributed by atoms with Gasteiger partial charge in [0.05, 0.1) is 26.5 Å². The molecule has 0 aromatic carbocycles. The van der Waals surface area contributed by atoms with E-state index in [1.54, 1.807) is 4.90 Å². The van der Waals surface area contributed by atoms with E-state index in [1.807, 2.05) is 24.3 Å². The molecule has 2 heterocycles. The number of hydrogen-bond acceptors (Lipinski definition) is 2. The Morgan fingerprint density at radius 3 is 2.60 bits per heavy atom. The van der Waals surface area contributed by atoms with Gasteiger partial charge in [-0.1, -0.05) is 0 Å². The number of nitrogens with one attached hydrogen (secondary N) is 1.